The van der Waals surface area contributed by atoms with Crippen LogP contribution in [0.5, 0.6) is 0 Å². The van der Waals surface area contributed by atoms with Crippen LogP contribution >= 0.6 is 11.8 Å². The van der Waals surface area contributed by atoms with Crippen molar-refractivity contribution >= 4 is 11.8 Å². The summed E-state index contributed by atoms with van der Waals surface area (Å²) in [6.45, 7) is 6.92. The number of aromatic amines is 1. The highest BCUT2D eigenvalue weighted by atomic mass is 32.2. The Kier molecular flexibility index (Phi) is 4.90. The molecule has 2 aromatic rings. The fraction of sp³-hybridized carbons (Fsp3) is 0.467. The lowest BCUT2D eigenvalue weighted by atomic mass is 10.1. The molecule has 0 bridgehead atoms. The third kappa shape index (κ3) is 4.06. The van der Waals surface area contributed by atoms with Gasteiger partial charge in [0, 0.05) is 31.0 Å². The van der Waals surface area contributed by atoms with Crippen LogP contribution in [-0.2, 0) is 4.74 Å². The first-order valence-electron chi connectivity index (χ1n) is 7.24. The number of rotatable bonds is 5. The molecule has 0 spiro atoms. The van der Waals surface area contributed by atoms with Gasteiger partial charge >= 0.3 is 0 Å². The normalized spacial score (nSPS) is 16.2. The molecule has 1 saturated heterocycles. The summed E-state index contributed by atoms with van der Waals surface area (Å²) >= 11 is 1.72. The summed E-state index contributed by atoms with van der Waals surface area (Å²) < 4.78 is 5.35. The highest BCUT2D eigenvalue weighted by Crippen LogP contribution is 2.20. The molecule has 2 heterocycles. The predicted molar refractivity (Wildman–Crippen MR) is 84.5 cm³/mol. The van der Waals surface area contributed by atoms with Crippen LogP contribution in [-0.4, -0.2) is 58.7 Å². The zero-order valence-corrected chi connectivity index (χ0v) is 13.0. The number of hydrogen-bond acceptors (Lipinski definition) is 5. The number of nitrogens with zero attached hydrogens (tertiary/aromatic N) is 3. The van der Waals surface area contributed by atoms with Crippen LogP contribution in [0, 0.1) is 6.92 Å². The number of morpholine rings is 1. The molecule has 1 aromatic heterocycles. The van der Waals surface area contributed by atoms with E-state index in [1.165, 1.54) is 5.56 Å². The van der Waals surface area contributed by atoms with Crippen molar-refractivity contribution in [1.29, 1.82) is 0 Å². The molecule has 112 valence electrons. The molecule has 1 N–H and O–H groups in total. The van der Waals surface area contributed by atoms with Crippen molar-refractivity contribution in [2.75, 3.05) is 38.6 Å². The number of aromatic nitrogens is 3. The molecule has 0 amide bonds. The van der Waals surface area contributed by atoms with E-state index in [-0.39, 0.29) is 0 Å². The summed E-state index contributed by atoms with van der Waals surface area (Å²) in [6.07, 6.45) is 0. The molecule has 0 saturated carbocycles. The minimum atomic E-state index is 0.840. The van der Waals surface area contributed by atoms with E-state index in [1.54, 1.807) is 11.8 Å². The van der Waals surface area contributed by atoms with Gasteiger partial charge in [-0.25, -0.2) is 0 Å². The zero-order valence-electron chi connectivity index (χ0n) is 12.2. The lowest BCUT2D eigenvalue weighted by Crippen LogP contribution is -2.37. The van der Waals surface area contributed by atoms with Gasteiger partial charge in [-0.15, -0.1) is 10.2 Å². The van der Waals surface area contributed by atoms with Gasteiger partial charge < -0.3 is 9.72 Å². The van der Waals surface area contributed by atoms with Crippen LogP contribution in [0.1, 0.15) is 5.56 Å². The van der Waals surface area contributed by atoms with Crippen molar-refractivity contribution in [2.45, 2.75) is 12.1 Å². The van der Waals surface area contributed by atoms with Crippen molar-refractivity contribution in [3.63, 3.8) is 0 Å². The van der Waals surface area contributed by atoms with E-state index in [0.29, 0.717) is 0 Å². The van der Waals surface area contributed by atoms with Crippen LogP contribution in [0.15, 0.2) is 29.4 Å². The summed E-state index contributed by atoms with van der Waals surface area (Å²) in [5, 5.41) is 9.34. The quantitative estimate of drug-likeness (QED) is 0.858. The second-order valence-corrected chi connectivity index (χ2v) is 6.23. The number of nitrogens with one attached hydrogen (secondary N) is 1. The molecule has 3 rings (SSSR count). The minimum Gasteiger partial charge on any atom is -0.379 e. The standard InChI is InChI=1S/C15H20N4OS/c1-12-3-2-4-13(11-12)14-16-15(18-17-14)21-10-7-19-5-8-20-9-6-19/h2-4,11H,5-10H2,1H3,(H,16,17,18). The second-order valence-electron chi connectivity index (χ2n) is 5.15. The Balaban J connectivity index is 1.53. The molecule has 1 aromatic carbocycles. The fourth-order valence-corrected chi connectivity index (χ4v) is 3.14. The molecule has 0 aliphatic carbocycles. The van der Waals surface area contributed by atoms with Gasteiger partial charge in [-0.2, -0.15) is 0 Å². The average molecular weight is 304 g/mol. The van der Waals surface area contributed by atoms with Gasteiger partial charge in [-0.05, 0) is 13.0 Å². The lowest BCUT2D eigenvalue weighted by Gasteiger charge is -2.25. The molecule has 1 fully saturated rings. The number of aryl methyl sites for hydroxylation is 1. The van der Waals surface area contributed by atoms with Gasteiger partial charge in [0.15, 0.2) is 11.0 Å². The maximum Gasteiger partial charge on any atom is 0.188 e. The summed E-state index contributed by atoms with van der Waals surface area (Å²) in [7, 11) is 0. The topological polar surface area (TPSA) is 54.0 Å². The fourth-order valence-electron chi connectivity index (χ4n) is 2.33. The Morgan fingerprint density at radius 3 is 2.95 bits per heavy atom. The van der Waals surface area contributed by atoms with Crippen molar-refractivity contribution in [1.82, 2.24) is 20.1 Å². The highest BCUT2D eigenvalue weighted by molar-refractivity contribution is 7.99. The van der Waals surface area contributed by atoms with Gasteiger partial charge in [-0.1, -0.05) is 35.5 Å². The molecular formula is C15H20N4OS. The van der Waals surface area contributed by atoms with Gasteiger partial charge in [0.1, 0.15) is 0 Å². The van der Waals surface area contributed by atoms with Gasteiger partial charge in [0.2, 0.25) is 0 Å². The summed E-state index contributed by atoms with van der Waals surface area (Å²) in [5.74, 6) is 1.86. The molecule has 21 heavy (non-hydrogen) atoms. The molecule has 5 nitrogen and oxygen atoms in total. The molecule has 1 aliphatic heterocycles. The van der Waals surface area contributed by atoms with E-state index in [4.69, 9.17) is 4.74 Å². The minimum absolute atomic E-state index is 0.840. The molecule has 0 atom stereocenters. The Labute approximate surface area is 129 Å². The Bertz CT molecular complexity index is 581. The van der Waals surface area contributed by atoms with Crippen molar-refractivity contribution < 1.29 is 4.74 Å². The number of hydrogen-bond donors (Lipinski definition) is 1. The van der Waals surface area contributed by atoms with Crippen LogP contribution in [0.4, 0.5) is 0 Å². The van der Waals surface area contributed by atoms with E-state index >= 15 is 0 Å². The first-order chi connectivity index (χ1) is 10.3. The first-order valence-corrected chi connectivity index (χ1v) is 8.22. The van der Waals surface area contributed by atoms with Gasteiger partial charge in [0.25, 0.3) is 0 Å². The van der Waals surface area contributed by atoms with Gasteiger partial charge in [0.05, 0.1) is 13.2 Å². The van der Waals surface area contributed by atoms with E-state index in [9.17, 15) is 0 Å². The zero-order chi connectivity index (χ0) is 14.5. The third-order valence-corrected chi connectivity index (χ3v) is 4.35. The summed E-state index contributed by atoms with van der Waals surface area (Å²) in [5.41, 5.74) is 2.31. The molecule has 6 heteroatoms. The molecule has 0 unspecified atom stereocenters. The van der Waals surface area contributed by atoms with Crippen molar-refractivity contribution in [3.05, 3.63) is 29.8 Å². The van der Waals surface area contributed by atoms with Crippen LogP contribution < -0.4 is 0 Å². The van der Waals surface area contributed by atoms with E-state index in [0.717, 1.165) is 55.1 Å². The predicted octanol–water partition coefficient (Wildman–Crippen LogP) is 2.20. The molecular weight excluding hydrogens is 284 g/mol. The number of thioether (sulfide) groups is 1. The van der Waals surface area contributed by atoms with Crippen molar-refractivity contribution in [2.24, 2.45) is 0 Å². The number of benzene rings is 1. The van der Waals surface area contributed by atoms with Gasteiger partial charge in [-0.3, -0.25) is 4.90 Å². The first kappa shape index (κ1) is 14.6. The highest BCUT2D eigenvalue weighted by Gasteiger charge is 2.11. The maximum atomic E-state index is 5.35. The monoisotopic (exact) mass is 304 g/mol. The van der Waals surface area contributed by atoms with Crippen LogP contribution in [0.2, 0.25) is 0 Å². The number of ether oxygens (including phenoxy) is 1. The van der Waals surface area contributed by atoms with E-state index < -0.39 is 0 Å². The Morgan fingerprint density at radius 2 is 2.14 bits per heavy atom. The summed E-state index contributed by atoms with van der Waals surface area (Å²) in [6, 6.07) is 8.29. The Morgan fingerprint density at radius 1 is 1.29 bits per heavy atom. The SMILES string of the molecule is Cc1cccc(-c2nnc(SCCN3CCOCC3)[nH]2)c1. The average Bonchev–Trinajstić information content (AvgIpc) is 2.97. The van der Waals surface area contributed by atoms with E-state index in [1.807, 2.05) is 6.07 Å². The third-order valence-electron chi connectivity index (χ3n) is 3.51. The lowest BCUT2D eigenvalue weighted by molar-refractivity contribution is 0.0410. The smallest absolute Gasteiger partial charge is 0.188 e. The summed E-state index contributed by atoms with van der Waals surface area (Å²) in [4.78, 5) is 5.72. The van der Waals surface area contributed by atoms with Crippen molar-refractivity contribution in [3.8, 4) is 11.4 Å². The van der Waals surface area contributed by atoms with Crippen LogP contribution in [0.25, 0.3) is 11.4 Å². The number of H-pyrrole nitrogens is 1. The van der Waals surface area contributed by atoms with Crippen LogP contribution in [0.3, 0.4) is 0 Å². The van der Waals surface area contributed by atoms with E-state index in [2.05, 4.69) is 45.2 Å². The molecule has 0 radical (unpaired) electrons. The largest absolute Gasteiger partial charge is 0.379 e. The Hall–Kier alpha value is -1.37. The second kappa shape index (κ2) is 7.06. The maximum absolute atomic E-state index is 5.35. The molecule has 1 aliphatic rings.